The first-order valence-corrected chi connectivity index (χ1v) is 10.0. The second kappa shape index (κ2) is 8.48. The minimum atomic E-state index is 0.579. The number of benzene rings is 2. The summed E-state index contributed by atoms with van der Waals surface area (Å²) in [5.41, 5.74) is 4.18. The van der Waals surface area contributed by atoms with E-state index >= 15 is 0 Å². The van der Waals surface area contributed by atoms with E-state index in [0.717, 1.165) is 40.9 Å². The Balaban J connectivity index is 1.44. The highest BCUT2D eigenvalue weighted by molar-refractivity contribution is 6.31. The highest BCUT2D eigenvalue weighted by Crippen LogP contribution is 2.24. The summed E-state index contributed by atoms with van der Waals surface area (Å²) < 4.78 is 0. The Hall–Kier alpha value is -2.79. The molecule has 4 rings (SSSR count). The van der Waals surface area contributed by atoms with Crippen molar-refractivity contribution in [3.05, 3.63) is 70.9 Å². The van der Waals surface area contributed by atoms with Crippen LogP contribution in [0.15, 0.2) is 54.6 Å². The molecule has 2 N–H and O–H groups in total. The summed E-state index contributed by atoms with van der Waals surface area (Å²) in [7, 11) is 0. The van der Waals surface area contributed by atoms with Crippen LogP contribution >= 0.6 is 11.6 Å². The van der Waals surface area contributed by atoms with Gasteiger partial charge in [0.1, 0.15) is 5.82 Å². The molecular formula is C22H24ClN5. The number of aromatic nitrogens is 2. The minimum absolute atomic E-state index is 0.579. The van der Waals surface area contributed by atoms with E-state index in [1.165, 1.54) is 18.5 Å². The fourth-order valence-electron chi connectivity index (χ4n) is 3.40. The summed E-state index contributed by atoms with van der Waals surface area (Å²) in [6.45, 7) is 4.87. The standard InChI is InChI=1S/C22H24ClN5/c1-16-14-21(24-15-17-6-2-3-7-20(17)23)27-22(25-16)26-18-8-10-19(11-9-18)28-12-4-5-13-28/h2-3,6-11,14H,4-5,12-13,15H2,1H3,(H2,24,25,26,27). The molecule has 1 aromatic heterocycles. The zero-order chi connectivity index (χ0) is 19.3. The van der Waals surface area contributed by atoms with E-state index in [2.05, 4.69) is 49.8 Å². The molecule has 3 aromatic rings. The first kappa shape index (κ1) is 18.6. The van der Waals surface area contributed by atoms with Crippen molar-refractivity contribution in [1.29, 1.82) is 0 Å². The van der Waals surface area contributed by atoms with Gasteiger partial charge in [0.25, 0.3) is 0 Å². The molecule has 2 aromatic carbocycles. The number of hydrogen-bond acceptors (Lipinski definition) is 5. The molecule has 0 unspecified atom stereocenters. The van der Waals surface area contributed by atoms with Gasteiger partial charge in [0.15, 0.2) is 0 Å². The van der Waals surface area contributed by atoms with Crippen molar-refractivity contribution in [2.45, 2.75) is 26.3 Å². The molecule has 0 bridgehead atoms. The van der Waals surface area contributed by atoms with Crippen LogP contribution in [0, 0.1) is 6.92 Å². The second-order valence-corrected chi connectivity index (χ2v) is 7.44. The molecule has 0 saturated carbocycles. The van der Waals surface area contributed by atoms with Crippen LogP contribution < -0.4 is 15.5 Å². The van der Waals surface area contributed by atoms with Crippen LogP contribution in [-0.2, 0) is 6.54 Å². The lowest BCUT2D eigenvalue weighted by molar-refractivity contribution is 0.949. The maximum absolute atomic E-state index is 6.23. The highest BCUT2D eigenvalue weighted by Gasteiger charge is 2.12. The second-order valence-electron chi connectivity index (χ2n) is 7.03. The molecule has 0 spiro atoms. The summed E-state index contributed by atoms with van der Waals surface area (Å²) >= 11 is 6.23. The Morgan fingerprint density at radius 3 is 2.50 bits per heavy atom. The van der Waals surface area contributed by atoms with Gasteiger partial charge in [-0.05, 0) is 55.7 Å². The van der Waals surface area contributed by atoms with Crippen molar-refractivity contribution in [3.63, 3.8) is 0 Å². The van der Waals surface area contributed by atoms with E-state index < -0.39 is 0 Å². The number of nitrogens with one attached hydrogen (secondary N) is 2. The van der Waals surface area contributed by atoms with E-state index in [4.69, 9.17) is 11.6 Å². The van der Waals surface area contributed by atoms with Crippen LogP contribution in [0.4, 0.5) is 23.1 Å². The number of anilines is 4. The molecule has 1 saturated heterocycles. The van der Waals surface area contributed by atoms with Crippen molar-refractivity contribution in [2.75, 3.05) is 28.6 Å². The number of aryl methyl sites for hydroxylation is 1. The molecule has 2 heterocycles. The topological polar surface area (TPSA) is 53.1 Å². The minimum Gasteiger partial charge on any atom is -0.372 e. The third-order valence-corrected chi connectivity index (χ3v) is 5.24. The van der Waals surface area contributed by atoms with Gasteiger partial charge in [0.2, 0.25) is 5.95 Å². The summed E-state index contributed by atoms with van der Waals surface area (Å²) in [5.74, 6) is 1.35. The molecule has 1 aliphatic rings. The summed E-state index contributed by atoms with van der Waals surface area (Å²) in [4.78, 5) is 11.5. The zero-order valence-corrected chi connectivity index (χ0v) is 16.7. The van der Waals surface area contributed by atoms with E-state index in [9.17, 15) is 0 Å². The van der Waals surface area contributed by atoms with Crippen LogP contribution in [0.1, 0.15) is 24.1 Å². The quantitative estimate of drug-likeness (QED) is 0.587. The van der Waals surface area contributed by atoms with Gasteiger partial charge in [0, 0.05) is 47.8 Å². The van der Waals surface area contributed by atoms with Gasteiger partial charge in [-0.2, -0.15) is 4.98 Å². The molecule has 1 aliphatic heterocycles. The van der Waals surface area contributed by atoms with Gasteiger partial charge in [-0.15, -0.1) is 0 Å². The fraction of sp³-hybridized carbons (Fsp3) is 0.273. The van der Waals surface area contributed by atoms with E-state index in [-0.39, 0.29) is 0 Å². The molecule has 144 valence electrons. The lowest BCUT2D eigenvalue weighted by atomic mass is 10.2. The van der Waals surface area contributed by atoms with Crippen LogP contribution in [0.2, 0.25) is 5.02 Å². The Kier molecular flexibility index (Phi) is 5.63. The third kappa shape index (κ3) is 4.54. The molecule has 0 radical (unpaired) electrons. The lowest BCUT2D eigenvalue weighted by Crippen LogP contribution is -2.17. The zero-order valence-electron chi connectivity index (χ0n) is 16.0. The van der Waals surface area contributed by atoms with E-state index in [0.29, 0.717) is 12.5 Å². The van der Waals surface area contributed by atoms with E-state index in [1.807, 2.05) is 37.3 Å². The van der Waals surface area contributed by atoms with Gasteiger partial charge in [-0.25, -0.2) is 4.98 Å². The molecule has 0 aliphatic carbocycles. The molecule has 5 nitrogen and oxygen atoms in total. The normalized spacial score (nSPS) is 13.6. The SMILES string of the molecule is Cc1cc(NCc2ccccc2Cl)nc(Nc2ccc(N3CCCC3)cc2)n1. The Labute approximate surface area is 170 Å². The number of rotatable bonds is 6. The van der Waals surface area contributed by atoms with Crippen LogP contribution in [0.5, 0.6) is 0 Å². The Morgan fingerprint density at radius 2 is 1.75 bits per heavy atom. The van der Waals surface area contributed by atoms with Crippen molar-refractivity contribution >= 4 is 34.7 Å². The monoisotopic (exact) mass is 393 g/mol. The summed E-state index contributed by atoms with van der Waals surface area (Å²) in [6, 6.07) is 18.2. The van der Waals surface area contributed by atoms with Crippen LogP contribution in [0.3, 0.4) is 0 Å². The van der Waals surface area contributed by atoms with Crippen molar-refractivity contribution in [3.8, 4) is 0 Å². The molecule has 28 heavy (non-hydrogen) atoms. The van der Waals surface area contributed by atoms with Gasteiger partial charge < -0.3 is 15.5 Å². The van der Waals surface area contributed by atoms with Gasteiger partial charge >= 0.3 is 0 Å². The van der Waals surface area contributed by atoms with Gasteiger partial charge in [-0.3, -0.25) is 0 Å². The number of nitrogens with zero attached hydrogens (tertiary/aromatic N) is 3. The van der Waals surface area contributed by atoms with Crippen molar-refractivity contribution < 1.29 is 0 Å². The lowest BCUT2D eigenvalue weighted by Gasteiger charge is -2.18. The fourth-order valence-corrected chi connectivity index (χ4v) is 3.61. The number of halogens is 1. The third-order valence-electron chi connectivity index (χ3n) is 4.87. The Bertz CT molecular complexity index is 936. The van der Waals surface area contributed by atoms with E-state index in [1.54, 1.807) is 0 Å². The summed E-state index contributed by atoms with van der Waals surface area (Å²) in [6.07, 6.45) is 2.56. The van der Waals surface area contributed by atoms with Crippen LogP contribution in [0.25, 0.3) is 0 Å². The van der Waals surface area contributed by atoms with Crippen molar-refractivity contribution in [1.82, 2.24) is 9.97 Å². The van der Waals surface area contributed by atoms with Crippen LogP contribution in [-0.4, -0.2) is 23.1 Å². The maximum Gasteiger partial charge on any atom is 0.229 e. The predicted molar refractivity (Wildman–Crippen MR) is 117 cm³/mol. The predicted octanol–water partition coefficient (Wildman–Crippen LogP) is 5.39. The highest BCUT2D eigenvalue weighted by atomic mass is 35.5. The summed E-state index contributed by atoms with van der Waals surface area (Å²) in [5, 5.41) is 7.39. The molecular weight excluding hydrogens is 370 g/mol. The largest absolute Gasteiger partial charge is 0.372 e. The van der Waals surface area contributed by atoms with Gasteiger partial charge in [-0.1, -0.05) is 29.8 Å². The molecule has 1 fully saturated rings. The first-order valence-electron chi connectivity index (χ1n) is 9.62. The first-order chi connectivity index (χ1) is 13.7. The molecule has 6 heteroatoms. The molecule has 0 amide bonds. The van der Waals surface area contributed by atoms with Gasteiger partial charge in [0.05, 0.1) is 0 Å². The average Bonchev–Trinajstić information content (AvgIpc) is 3.22. The number of hydrogen-bond donors (Lipinski definition) is 2. The maximum atomic E-state index is 6.23. The average molecular weight is 394 g/mol. The Morgan fingerprint density at radius 1 is 1.00 bits per heavy atom. The van der Waals surface area contributed by atoms with Crippen molar-refractivity contribution in [2.24, 2.45) is 0 Å². The smallest absolute Gasteiger partial charge is 0.229 e. The molecule has 0 atom stereocenters.